The van der Waals surface area contributed by atoms with Crippen LogP contribution < -0.4 is 29.6 Å². The van der Waals surface area contributed by atoms with Gasteiger partial charge < -0.3 is 34.5 Å². The summed E-state index contributed by atoms with van der Waals surface area (Å²) in [4.78, 5) is 28.5. The van der Waals surface area contributed by atoms with E-state index in [2.05, 4.69) is 29.4 Å². The maximum atomic E-state index is 13.2. The fourth-order valence-corrected chi connectivity index (χ4v) is 3.47. The van der Waals surface area contributed by atoms with Crippen LogP contribution in [0.4, 0.5) is 0 Å². The number of carbonyl (C=O) groups is 2. The van der Waals surface area contributed by atoms with Gasteiger partial charge >= 0.3 is 0 Å². The monoisotopic (exact) mass is 485 g/mol. The zero-order valence-corrected chi connectivity index (χ0v) is 21.3. The first-order valence-electron chi connectivity index (χ1n) is 11.4. The Morgan fingerprint density at radius 3 is 2.03 bits per heavy atom. The van der Waals surface area contributed by atoms with Crippen molar-refractivity contribution in [3.05, 3.63) is 53.2 Å². The minimum Gasteiger partial charge on any atom is -0.496 e. The summed E-state index contributed by atoms with van der Waals surface area (Å²) in [5, 5.41) is 5.61. The van der Waals surface area contributed by atoms with Crippen molar-refractivity contribution in [2.45, 2.75) is 13.8 Å². The fraction of sp³-hybridized carbons (Fsp3) is 0.385. The second-order valence-electron chi connectivity index (χ2n) is 7.45. The highest BCUT2D eigenvalue weighted by Crippen LogP contribution is 2.38. The van der Waals surface area contributed by atoms with Gasteiger partial charge in [0.25, 0.3) is 11.8 Å². The molecule has 0 aliphatic rings. The van der Waals surface area contributed by atoms with Crippen LogP contribution in [0.3, 0.4) is 0 Å². The normalized spacial score (nSPS) is 11.1. The van der Waals surface area contributed by atoms with Crippen LogP contribution in [0.2, 0.25) is 0 Å². The van der Waals surface area contributed by atoms with Crippen molar-refractivity contribution in [3.63, 3.8) is 0 Å². The maximum absolute atomic E-state index is 13.2. The van der Waals surface area contributed by atoms with E-state index in [9.17, 15) is 9.59 Å². The van der Waals surface area contributed by atoms with Gasteiger partial charge in [-0.3, -0.25) is 9.59 Å². The summed E-state index contributed by atoms with van der Waals surface area (Å²) in [6.07, 6.45) is 1.58. The van der Waals surface area contributed by atoms with Crippen LogP contribution in [-0.2, 0) is 4.79 Å². The molecule has 2 N–H and O–H groups in total. The van der Waals surface area contributed by atoms with Crippen LogP contribution in [0.5, 0.6) is 23.0 Å². The van der Waals surface area contributed by atoms with Crippen LogP contribution in [-0.4, -0.2) is 71.3 Å². The van der Waals surface area contributed by atoms with Gasteiger partial charge in [0, 0.05) is 24.2 Å². The molecule has 0 unspecified atom stereocenters. The third kappa shape index (κ3) is 7.38. The summed E-state index contributed by atoms with van der Waals surface area (Å²) >= 11 is 0. The summed E-state index contributed by atoms with van der Waals surface area (Å²) in [6, 6.07) is 10.3. The SMILES string of the molecule is CCN(CC)CCNC(=O)/C(=C/c1ccccc1OC)NC(=O)c1cc(OC)c(OC)c(OC)c1. The average Bonchev–Trinajstić information content (AvgIpc) is 2.89. The maximum Gasteiger partial charge on any atom is 0.267 e. The Morgan fingerprint density at radius 1 is 0.886 bits per heavy atom. The molecule has 190 valence electrons. The molecule has 0 radical (unpaired) electrons. The number of methoxy groups -OCH3 is 4. The highest BCUT2D eigenvalue weighted by molar-refractivity contribution is 6.05. The van der Waals surface area contributed by atoms with Gasteiger partial charge in [-0.2, -0.15) is 0 Å². The minimum atomic E-state index is -0.510. The molecule has 0 bridgehead atoms. The highest BCUT2D eigenvalue weighted by Gasteiger charge is 2.20. The lowest BCUT2D eigenvalue weighted by atomic mass is 10.1. The molecular weight excluding hydrogens is 450 g/mol. The van der Waals surface area contributed by atoms with Gasteiger partial charge in [-0.1, -0.05) is 32.0 Å². The lowest BCUT2D eigenvalue weighted by molar-refractivity contribution is -0.117. The number of amides is 2. The molecule has 0 aliphatic heterocycles. The number of nitrogens with zero attached hydrogens (tertiary/aromatic N) is 1. The Balaban J connectivity index is 2.37. The van der Waals surface area contributed by atoms with Crippen molar-refractivity contribution in [1.82, 2.24) is 15.5 Å². The molecule has 0 heterocycles. The van der Waals surface area contributed by atoms with Crippen molar-refractivity contribution in [1.29, 1.82) is 0 Å². The van der Waals surface area contributed by atoms with Gasteiger partial charge in [0.1, 0.15) is 11.4 Å². The molecule has 0 aliphatic carbocycles. The molecule has 2 aromatic carbocycles. The van der Waals surface area contributed by atoms with Crippen molar-refractivity contribution in [2.24, 2.45) is 0 Å². The molecule has 2 amide bonds. The number of hydrogen-bond donors (Lipinski definition) is 2. The number of para-hydroxylation sites is 1. The number of carbonyl (C=O) groups excluding carboxylic acids is 2. The Labute approximate surface area is 207 Å². The van der Waals surface area contributed by atoms with Gasteiger partial charge in [0.2, 0.25) is 5.75 Å². The Hall–Kier alpha value is -3.72. The quantitative estimate of drug-likeness (QED) is 0.421. The first kappa shape index (κ1) is 27.5. The summed E-state index contributed by atoms with van der Waals surface area (Å²) in [6.45, 7) is 7.03. The molecule has 0 saturated heterocycles. The van der Waals surface area contributed by atoms with E-state index < -0.39 is 11.8 Å². The van der Waals surface area contributed by atoms with Crippen LogP contribution in [0, 0.1) is 0 Å². The van der Waals surface area contributed by atoms with Gasteiger partial charge in [-0.25, -0.2) is 0 Å². The number of hydrogen-bond acceptors (Lipinski definition) is 7. The van der Waals surface area contributed by atoms with E-state index in [-0.39, 0.29) is 11.3 Å². The zero-order valence-electron chi connectivity index (χ0n) is 21.3. The number of rotatable bonds is 13. The summed E-state index contributed by atoms with van der Waals surface area (Å²) < 4.78 is 21.4. The van der Waals surface area contributed by atoms with Crippen molar-refractivity contribution in [2.75, 3.05) is 54.6 Å². The van der Waals surface area contributed by atoms with E-state index in [0.29, 0.717) is 41.7 Å². The van der Waals surface area contributed by atoms with E-state index in [1.54, 1.807) is 25.3 Å². The summed E-state index contributed by atoms with van der Waals surface area (Å²) in [7, 11) is 5.96. The van der Waals surface area contributed by atoms with Gasteiger partial charge in [0.05, 0.1) is 28.4 Å². The van der Waals surface area contributed by atoms with E-state index in [1.165, 1.54) is 33.5 Å². The van der Waals surface area contributed by atoms with E-state index >= 15 is 0 Å². The minimum absolute atomic E-state index is 0.0767. The van der Waals surface area contributed by atoms with Gasteiger partial charge in [-0.05, 0) is 37.4 Å². The predicted octanol–water partition coefficient (Wildman–Crippen LogP) is 2.95. The predicted molar refractivity (Wildman–Crippen MR) is 135 cm³/mol. The summed E-state index contributed by atoms with van der Waals surface area (Å²) in [5.74, 6) is 0.675. The Morgan fingerprint density at radius 2 is 1.49 bits per heavy atom. The lowest BCUT2D eigenvalue weighted by Gasteiger charge is -2.19. The lowest BCUT2D eigenvalue weighted by Crippen LogP contribution is -2.39. The van der Waals surface area contributed by atoms with Crippen LogP contribution in [0.25, 0.3) is 6.08 Å². The van der Waals surface area contributed by atoms with Crippen LogP contribution in [0.15, 0.2) is 42.1 Å². The molecule has 0 spiro atoms. The van der Waals surface area contributed by atoms with Gasteiger partial charge in [0.15, 0.2) is 11.5 Å². The molecule has 2 rings (SSSR count). The van der Waals surface area contributed by atoms with Crippen LogP contribution >= 0.6 is 0 Å². The molecule has 9 heteroatoms. The molecule has 0 aromatic heterocycles. The number of ether oxygens (including phenoxy) is 4. The average molecular weight is 486 g/mol. The van der Waals surface area contributed by atoms with E-state index in [4.69, 9.17) is 18.9 Å². The smallest absolute Gasteiger partial charge is 0.267 e. The fourth-order valence-electron chi connectivity index (χ4n) is 3.47. The molecule has 35 heavy (non-hydrogen) atoms. The summed E-state index contributed by atoms with van der Waals surface area (Å²) in [5.41, 5.74) is 0.961. The topological polar surface area (TPSA) is 98.4 Å². The third-order valence-electron chi connectivity index (χ3n) is 5.47. The first-order chi connectivity index (χ1) is 16.9. The third-order valence-corrected chi connectivity index (χ3v) is 5.47. The zero-order chi connectivity index (χ0) is 25.8. The molecule has 9 nitrogen and oxygen atoms in total. The molecule has 2 aromatic rings. The second-order valence-corrected chi connectivity index (χ2v) is 7.45. The largest absolute Gasteiger partial charge is 0.496 e. The Bertz CT molecular complexity index is 1010. The highest BCUT2D eigenvalue weighted by atomic mass is 16.5. The number of benzene rings is 2. The first-order valence-corrected chi connectivity index (χ1v) is 11.4. The molecular formula is C26H35N3O6. The van der Waals surface area contributed by atoms with Crippen LogP contribution in [0.1, 0.15) is 29.8 Å². The molecule has 0 fully saturated rings. The van der Waals surface area contributed by atoms with Crippen molar-refractivity contribution >= 4 is 17.9 Å². The van der Waals surface area contributed by atoms with Crippen molar-refractivity contribution in [3.8, 4) is 23.0 Å². The second kappa shape index (κ2) is 13.9. The standard InChI is InChI=1S/C26H35N3O6/c1-7-29(8-2)14-13-27-26(31)20(15-18-11-9-10-12-21(18)32-3)28-25(30)19-16-22(33-4)24(35-6)23(17-19)34-5/h9-12,15-17H,7-8,13-14H2,1-6H3,(H,27,31)(H,28,30)/b20-15-. The molecule has 0 saturated carbocycles. The van der Waals surface area contributed by atoms with Gasteiger partial charge in [-0.15, -0.1) is 0 Å². The van der Waals surface area contributed by atoms with E-state index in [1.807, 2.05) is 12.1 Å². The number of likely N-dealkylation sites (N-methyl/N-ethyl adjacent to an activating group) is 1. The molecule has 0 atom stereocenters. The van der Waals surface area contributed by atoms with Crippen molar-refractivity contribution < 1.29 is 28.5 Å². The van der Waals surface area contributed by atoms with E-state index in [0.717, 1.165) is 13.1 Å². The Kier molecular flexibility index (Phi) is 10.9. The number of nitrogens with one attached hydrogen (secondary N) is 2.